The van der Waals surface area contributed by atoms with Gasteiger partial charge in [-0.15, -0.1) is 0 Å². The van der Waals surface area contributed by atoms with E-state index in [1.807, 2.05) is 25.3 Å². The number of fused-ring (bicyclic) bond motifs is 1. The number of rotatable bonds is 1. The number of anilines is 1. The fraction of sp³-hybridized carbons (Fsp3) is 0.467. The molecule has 0 aromatic carbocycles. The van der Waals surface area contributed by atoms with Gasteiger partial charge in [0.05, 0.1) is 0 Å². The van der Waals surface area contributed by atoms with E-state index in [-0.39, 0.29) is 5.56 Å². The van der Waals surface area contributed by atoms with E-state index in [4.69, 9.17) is 0 Å². The molecule has 4 nitrogen and oxygen atoms in total. The molecule has 100 valence electrons. The highest BCUT2D eigenvalue weighted by Gasteiger charge is 2.17. The first kappa shape index (κ1) is 12.2. The lowest BCUT2D eigenvalue weighted by Crippen LogP contribution is -2.34. The van der Waals surface area contributed by atoms with E-state index in [9.17, 15) is 4.79 Å². The smallest absolute Gasteiger partial charge is 0.259 e. The monoisotopic (exact) mass is 257 g/mol. The Morgan fingerprint density at radius 1 is 1.26 bits per heavy atom. The number of pyridine rings is 1. The topological polar surface area (TPSA) is 37.6 Å². The molecule has 1 aliphatic heterocycles. The third-order valence-electron chi connectivity index (χ3n) is 3.90. The van der Waals surface area contributed by atoms with Crippen LogP contribution < -0.4 is 10.5 Å². The minimum absolute atomic E-state index is 0.00215. The zero-order valence-corrected chi connectivity index (χ0v) is 11.5. The minimum atomic E-state index is 0.00215. The van der Waals surface area contributed by atoms with Crippen molar-refractivity contribution in [2.45, 2.75) is 26.7 Å². The van der Waals surface area contributed by atoms with Gasteiger partial charge in [0.25, 0.3) is 5.56 Å². The Bertz CT molecular complexity index is 654. The van der Waals surface area contributed by atoms with Crippen molar-refractivity contribution in [1.29, 1.82) is 0 Å². The third kappa shape index (κ3) is 2.35. The zero-order valence-electron chi connectivity index (χ0n) is 11.5. The van der Waals surface area contributed by atoms with E-state index in [1.165, 1.54) is 12.8 Å². The standard InChI is InChI=1S/C15H19N3O/c1-11-5-7-17(8-6-11)14-9-15(19)18-10-12(2)3-4-13(18)16-14/h3-4,9-11H,5-8H2,1-2H3. The van der Waals surface area contributed by atoms with Crippen LogP contribution in [0.15, 0.2) is 29.2 Å². The van der Waals surface area contributed by atoms with Crippen molar-refractivity contribution in [1.82, 2.24) is 9.38 Å². The van der Waals surface area contributed by atoms with E-state index in [0.29, 0.717) is 0 Å². The summed E-state index contributed by atoms with van der Waals surface area (Å²) in [6.45, 7) is 6.25. The van der Waals surface area contributed by atoms with Gasteiger partial charge < -0.3 is 4.90 Å². The summed E-state index contributed by atoms with van der Waals surface area (Å²) in [4.78, 5) is 19.0. The summed E-state index contributed by atoms with van der Waals surface area (Å²) in [5.41, 5.74) is 1.80. The quantitative estimate of drug-likeness (QED) is 0.786. The van der Waals surface area contributed by atoms with Gasteiger partial charge in [-0.3, -0.25) is 9.20 Å². The maximum absolute atomic E-state index is 12.2. The first-order valence-electron chi connectivity index (χ1n) is 6.88. The van der Waals surface area contributed by atoms with Crippen molar-refractivity contribution in [3.8, 4) is 0 Å². The van der Waals surface area contributed by atoms with Gasteiger partial charge in [0.2, 0.25) is 0 Å². The second-order valence-electron chi connectivity index (χ2n) is 5.56. The third-order valence-corrected chi connectivity index (χ3v) is 3.90. The largest absolute Gasteiger partial charge is 0.356 e. The molecule has 0 atom stereocenters. The highest BCUT2D eigenvalue weighted by Crippen LogP contribution is 2.20. The van der Waals surface area contributed by atoms with E-state index in [1.54, 1.807) is 10.5 Å². The highest BCUT2D eigenvalue weighted by molar-refractivity contribution is 5.48. The SMILES string of the molecule is Cc1ccc2nc(N3CCC(C)CC3)cc(=O)n2c1. The Kier molecular flexibility index (Phi) is 3.01. The first-order valence-corrected chi connectivity index (χ1v) is 6.88. The molecule has 0 aliphatic carbocycles. The minimum Gasteiger partial charge on any atom is -0.356 e. The lowest BCUT2D eigenvalue weighted by Gasteiger charge is -2.31. The molecule has 3 heterocycles. The van der Waals surface area contributed by atoms with E-state index in [0.717, 1.165) is 36.0 Å². The number of hydrogen-bond donors (Lipinski definition) is 0. The molecule has 0 amide bonds. The lowest BCUT2D eigenvalue weighted by atomic mass is 9.99. The van der Waals surface area contributed by atoms with Crippen LogP contribution in [0.1, 0.15) is 25.3 Å². The molecule has 1 fully saturated rings. The van der Waals surface area contributed by atoms with Gasteiger partial charge in [-0.2, -0.15) is 0 Å². The van der Waals surface area contributed by atoms with Crippen LogP contribution in [0.4, 0.5) is 5.82 Å². The molecule has 1 aliphatic rings. The summed E-state index contributed by atoms with van der Waals surface area (Å²) < 4.78 is 1.62. The van der Waals surface area contributed by atoms with E-state index in [2.05, 4.69) is 16.8 Å². The molecule has 19 heavy (non-hydrogen) atoms. The fourth-order valence-corrected chi connectivity index (χ4v) is 2.60. The average molecular weight is 257 g/mol. The van der Waals surface area contributed by atoms with Crippen molar-refractivity contribution in [2.24, 2.45) is 5.92 Å². The Morgan fingerprint density at radius 2 is 2.00 bits per heavy atom. The van der Waals surface area contributed by atoms with Gasteiger partial charge in [-0.25, -0.2) is 4.98 Å². The lowest BCUT2D eigenvalue weighted by molar-refractivity contribution is 0.436. The number of piperidine rings is 1. The Labute approximate surface area is 112 Å². The van der Waals surface area contributed by atoms with Crippen LogP contribution in [0.3, 0.4) is 0 Å². The molecule has 3 rings (SSSR count). The van der Waals surface area contributed by atoms with Crippen LogP contribution in [0.2, 0.25) is 0 Å². The molecule has 0 unspecified atom stereocenters. The maximum Gasteiger partial charge on any atom is 0.259 e. The van der Waals surface area contributed by atoms with Crippen LogP contribution in [0.5, 0.6) is 0 Å². The van der Waals surface area contributed by atoms with Gasteiger partial charge in [0.1, 0.15) is 11.5 Å². The number of aromatic nitrogens is 2. The second kappa shape index (κ2) is 4.68. The molecular formula is C15H19N3O. The number of hydrogen-bond acceptors (Lipinski definition) is 3. The predicted octanol–water partition coefficient (Wildman–Crippen LogP) is 2.24. The fourth-order valence-electron chi connectivity index (χ4n) is 2.60. The summed E-state index contributed by atoms with van der Waals surface area (Å²) in [5.74, 6) is 1.60. The van der Waals surface area contributed by atoms with Gasteiger partial charge in [-0.1, -0.05) is 13.0 Å². The molecule has 2 aromatic rings. The molecule has 0 N–H and O–H groups in total. The second-order valence-corrected chi connectivity index (χ2v) is 5.56. The van der Waals surface area contributed by atoms with Crippen LogP contribution in [-0.2, 0) is 0 Å². The summed E-state index contributed by atoms with van der Waals surface area (Å²) >= 11 is 0. The van der Waals surface area contributed by atoms with E-state index >= 15 is 0 Å². The summed E-state index contributed by atoms with van der Waals surface area (Å²) in [6, 6.07) is 5.55. The van der Waals surface area contributed by atoms with Crippen molar-refractivity contribution >= 4 is 11.5 Å². The summed E-state index contributed by atoms with van der Waals surface area (Å²) in [7, 11) is 0. The van der Waals surface area contributed by atoms with Crippen LogP contribution >= 0.6 is 0 Å². The molecule has 2 aromatic heterocycles. The Morgan fingerprint density at radius 3 is 2.74 bits per heavy atom. The molecule has 0 radical (unpaired) electrons. The van der Waals surface area contributed by atoms with E-state index < -0.39 is 0 Å². The average Bonchev–Trinajstić information content (AvgIpc) is 2.40. The van der Waals surface area contributed by atoms with Crippen molar-refractivity contribution < 1.29 is 0 Å². The van der Waals surface area contributed by atoms with Crippen molar-refractivity contribution in [3.05, 3.63) is 40.3 Å². The summed E-state index contributed by atoms with van der Waals surface area (Å²) in [6.07, 6.45) is 4.19. The zero-order chi connectivity index (χ0) is 13.4. The first-order chi connectivity index (χ1) is 9.13. The molecular weight excluding hydrogens is 238 g/mol. The normalized spacial score (nSPS) is 17.1. The molecule has 1 saturated heterocycles. The highest BCUT2D eigenvalue weighted by atomic mass is 16.1. The van der Waals surface area contributed by atoms with Crippen LogP contribution in [0, 0.1) is 12.8 Å². The maximum atomic E-state index is 12.2. The van der Waals surface area contributed by atoms with Gasteiger partial charge >= 0.3 is 0 Å². The molecule has 4 heteroatoms. The molecule has 0 saturated carbocycles. The number of nitrogens with zero attached hydrogens (tertiary/aromatic N) is 3. The van der Waals surface area contributed by atoms with Gasteiger partial charge in [0.15, 0.2) is 0 Å². The van der Waals surface area contributed by atoms with Crippen LogP contribution in [0.25, 0.3) is 5.65 Å². The Balaban J connectivity index is 2.01. The molecule has 0 spiro atoms. The Hall–Kier alpha value is -1.84. The van der Waals surface area contributed by atoms with Crippen LogP contribution in [-0.4, -0.2) is 22.5 Å². The van der Waals surface area contributed by atoms with Crippen molar-refractivity contribution in [2.75, 3.05) is 18.0 Å². The molecule has 0 bridgehead atoms. The summed E-state index contributed by atoms with van der Waals surface area (Å²) in [5, 5.41) is 0. The predicted molar refractivity (Wildman–Crippen MR) is 76.8 cm³/mol. The van der Waals surface area contributed by atoms with Gasteiger partial charge in [-0.05, 0) is 37.3 Å². The van der Waals surface area contributed by atoms with Crippen molar-refractivity contribution in [3.63, 3.8) is 0 Å². The van der Waals surface area contributed by atoms with Gasteiger partial charge in [0, 0.05) is 25.4 Å². The number of aryl methyl sites for hydroxylation is 1.